The Morgan fingerprint density at radius 1 is 1.19 bits per heavy atom. The molecule has 1 atom stereocenters. The van der Waals surface area contributed by atoms with Crippen molar-refractivity contribution in [2.75, 3.05) is 11.5 Å². The molecule has 0 spiro atoms. The number of nitrogens with two attached hydrogens (primary N) is 1. The molecule has 0 saturated heterocycles. The SMILES string of the molecule is CCS(=O)(=O)CCCC(NN)C1CCC(C(C)(C)C)CC1. The second kappa shape index (κ2) is 7.93. The van der Waals surface area contributed by atoms with Crippen molar-refractivity contribution < 1.29 is 8.42 Å². The monoisotopic (exact) mass is 318 g/mol. The lowest BCUT2D eigenvalue weighted by Gasteiger charge is -2.39. The van der Waals surface area contributed by atoms with Crippen LogP contribution in [0.1, 0.15) is 66.2 Å². The van der Waals surface area contributed by atoms with Gasteiger partial charge in [-0.1, -0.05) is 27.7 Å². The van der Waals surface area contributed by atoms with Crippen molar-refractivity contribution in [3.63, 3.8) is 0 Å². The number of nitrogens with one attached hydrogen (secondary N) is 1. The molecule has 1 aliphatic carbocycles. The van der Waals surface area contributed by atoms with Gasteiger partial charge in [-0.05, 0) is 55.8 Å². The Hall–Kier alpha value is -0.130. The molecule has 0 heterocycles. The summed E-state index contributed by atoms with van der Waals surface area (Å²) in [4.78, 5) is 0. The van der Waals surface area contributed by atoms with Gasteiger partial charge in [-0.2, -0.15) is 0 Å². The average molecular weight is 319 g/mol. The molecular weight excluding hydrogens is 284 g/mol. The molecule has 21 heavy (non-hydrogen) atoms. The van der Waals surface area contributed by atoms with E-state index >= 15 is 0 Å². The average Bonchev–Trinajstić information content (AvgIpc) is 2.43. The Kier molecular flexibility index (Phi) is 7.14. The van der Waals surface area contributed by atoms with Crippen molar-refractivity contribution in [3.05, 3.63) is 0 Å². The van der Waals surface area contributed by atoms with Crippen molar-refractivity contribution in [2.45, 2.75) is 72.3 Å². The van der Waals surface area contributed by atoms with Crippen molar-refractivity contribution >= 4 is 9.84 Å². The van der Waals surface area contributed by atoms with E-state index < -0.39 is 9.84 Å². The van der Waals surface area contributed by atoms with Gasteiger partial charge in [0.1, 0.15) is 9.84 Å². The smallest absolute Gasteiger partial charge is 0.150 e. The zero-order chi connectivity index (χ0) is 16.1. The zero-order valence-corrected chi connectivity index (χ0v) is 15.0. The summed E-state index contributed by atoms with van der Waals surface area (Å²) in [7, 11) is -2.85. The Balaban J connectivity index is 2.41. The van der Waals surface area contributed by atoms with Gasteiger partial charge < -0.3 is 0 Å². The maximum absolute atomic E-state index is 11.5. The first kappa shape index (κ1) is 18.9. The third kappa shape index (κ3) is 6.25. The third-order valence-corrected chi connectivity index (χ3v) is 6.98. The summed E-state index contributed by atoms with van der Waals surface area (Å²) in [6, 6.07) is 0.262. The summed E-state index contributed by atoms with van der Waals surface area (Å²) >= 11 is 0. The Bertz CT molecular complexity index is 393. The molecule has 4 nitrogen and oxygen atoms in total. The molecular formula is C16H34N2O2S. The fourth-order valence-corrected chi connectivity index (χ4v) is 4.41. The lowest BCUT2D eigenvalue weighted by Crippen LogP contribution is -2.43. The van der Waals surface area contributed by atoms with E-state index in [1.165, 1.54) is 25.7 Å². The second-order valence-electron chi connectivity index (χ2n) is 7.63. The minimum atomic E-state index is -2.85. The molecule has 0 bridgehead atoms. The van der Waals surface area contributed by atoms with Gasteiger partial charge in [0.15, 0.2) is 0 Å². The van der Waals surface area contributed by atoms with Crippen LogP contribution in [-0.4, -0.2) is 26.0 Å². The summed E-state index contributed by atoms with van der Waals surface area (Å²) in [5, 5.41) is 0. The minimum absolute atomic E-state index is 0.240. The van der Waals surface area contributed by atoms with Crippen LogP contribution in [0.2, 0.25) is 0 Å². The van der Waals surface area contributed by atoms with Crippen molar-refractivity contribution in [3.8, 4) is 0 Å². The van der Waals surface area contributed by atoms with E-state index in [0.717, 1.165) is 12.3 Å². The summed E-state index contributed by atoms with van der Waals surface area (Å²) in [6.45, 7) is 8.69. The van der Waals surface area contributed by atoms with Crippen molar-refractivity contribution in [1.29, 1.82) is 0 Å². The summed E-state index contributed by atoms with van der Waals surface area (Å²) in [5.74, 6) is 7.63. The molecule has 1 aliphatic rings. The van der Waals surface area contributed by atoms with Gasteiger partial charge in [0.2, 0.25) is 0 Å². The zero-order valence-electron chi connectivity index (χ0n) is 14.2. The fraction of sp³-hybridized carbons (Fsp3) is 1.00. The molecule has 0 radical (unpaired) electrons. The highest BCUT2D eigenvalue weighted by atomic mass is 32.2. The van der Waals surface area contributed by atoms with E-state index in [4.69, 9.17) is 5.84 Å². The van der Waals surface area contributed by atoms with Crippen LogP contribution < -0.4 is 11.3 Å². The maximum Gasteiger partial charge on any atom is 0.150 e. The lowest BCUT2D eigenvalue weighted by molar-refractivity contribution is 0.130. The van der Waals surface area contributed by atoms with Gasteiger partial charge >= 0.3 is 0 Å². The molecule has 1 unspecified atom stereocenters. The molecule has 0 aliphatic heterocycles. The van der Waals surface area contributed by atoms with Crippen LogP contribution in [0, 0.1) is 17.3 Å². The van der Waals surface area contributed by atoms with Crippen LogP contribution in [0.4, 0.5) is 0 Å². The van der Waals surface area contributed by atoms with Gasteiger partial charge in [-0.3, -0.25) is 11.3 Å². The summed E-state index contributed by atoms with van der Waals surface area (Å²) in [5.41, 5.74) is 3.33. The van der Waals surface area contributed by atoms with E-state index in [9.17, 15) is 8.42 Å². The van der Waals surface area contributed by atoms with Crippen LogP contribution in [0.5, 0.6) is 0 Å². The second-order valence-corrected chi connectivity index (χ2v) is 10.1. The largest absolute Gasteiger partial charge is 0.271 e. The van der Waals surface area contributed by atoms with Gasteiger partial charge in [0.25, 0.3) is 0 Å². The number of rotatable bonds is 7. The van der Waals surface area contributed by atoms with Crippen LogP contribution in [-0.2, 0) is 9.84 Å². The Labute approximate surface area is 131 Å². The number of hydrazine groups is 1. The highest BCUT2D eigenvalue weighted by Crippen LogP contribution is 2.41. The quantitative estimate of drug-likeness (QED) is 0.559. The first-order chi connectivity index (χ1) is 9.69. The molecule has 126 valence electrons. The number of sulfone groups is 1. The fourth-order valence-electron chi connectivity index (χ4n) is 3.51. The van der Waals surface area contributed by atoms with Crippen LogP contribution in [0.3, 0.4) is 0 Å². The predicted molar refractivity (Wildman–Crippen MR) is 89.6 cm³/mol. The maximum atomic E-state index is 11.5. The predicted octanol–water partition coefficient (Wildman–Crippen LogP) is 2.89. The van der Waals surface area contributed by atoms with Gasteiger partial charge in [0, 0.05) is 11.8 Å². The number of hydrogen-bond donors (Lipinski definition) is 2. The van der Waals surface area contributed by atoms with Crippen LogP contribution >= 0.6 is 0 Å². The Morgan fingerprint density at radius 3 is 2.19 bits per heavy atom. The molecule has 3 N–H and O–H groups in total. The molecule has 0 aromatic carbocycles. The third-order valence-electron chi connectivity index (χ3n) is 5.19. The van der Waals surface area contributed by atoms with E-state index in [2.05, 4.69) is 26.2 Å². The highest BCUT2D eigenvalue weighted by molar-refractivity contribution is 7.91. The first-order valence-electron chi connectivity index (χ1n) is 8.36. The van der Waals surface area contributed by atoms with E-state index in [-0.39, 0.29) is 11.8 Å². The molecule has 1 rings (SSSR count). The summed E-state index contributed by atoms with van der Waals surface area (Å²) < 4.78 is 23.1. The molecule has 0 amide bonds. The van der Waals surface area contributed by atoms with E-state index in [1.54, 1.807) is 6.92 Å². The molecule has 1 fully saturated rings. The van der Waals surface area contributed by atoms with Crippen molar-refractivity contribution in [2.24, 2.45) is 23.1 Å². The topological polar surface area (TPSA) is 72.2 Å². The van der Waals surface area contributed by atoms with E-state index in [1.807, 2.05) is 0 Å². The van der Waals surface area contributed by atoms with Crippen LogP contribution in [0.15, 0.2) is 0 Å². The van der Waals surface area contributed by atoms with Crippen LogP contribution in [0.25, 0.3) is 0 Å². The Morgan fingerprint density at radius 2 is 1.76 bits per heavy atom. The normalized spacial score (nSPS) is 25.8. The molecule has 0 aromatic rings. The standard InChI is InChI=1S/C16H34N2O2S/c1-5-21(19,20)12-6-7-15(18-17)13-8-10-14(11-9-13)16(2,3)4/h13-15,18H,5-12,17H2,1-4H3. The van der Waals surface area contributed by atoms with Gasteiger partial charge in [0.05, 0.1) is 5.75 Å². The molecule has 1 saturated carbocycles. The van der Waals surface area contributed by atoms with E-state index in [0.29, 0.717) is 23.5 Å². The minimum Gasteiger partial charge on any atom is -0.271 e. The summed E-state index contributed by atoms with van der Waals surface area (Å²) in [6.07, 6.45) is 6.51. The van der Waals surface area contributed by atoms with Gasteiger partial charge in [-0.25, -0.2) is 8.42 Å². The number of hydrogen-bond acceptors (Lipinski definition) is 4. The highest BCUT2D eigenvalue weighted by Gasteiger charge is 2.32. The first-order valence-corrected chi connectivity index (χ1v) is 10.2. The van der Waals surface area contributed by atoms with Crippen molar-refractivity contribution in [1.82, 2.24) is 5.43 Å². The lowest BCUT2D eigenvalue weighted by atomic mass is 9.68. The van der Waals surface area contributed by atoms with Gasteiger partial charge in [-0.15, -0.1) is 0 Å². The molecule has 5 heteroatoms. The molecule has 0 aromatic heterocycles.